The van der Waals surface area contributed by atoms with Gasteiger partial charge in [0.25, 0.3) is 11.5 Å². The van der Waals surface area contributed by atoms with Crippen molar-refractivity contribution in [1.29, 1.82) is 0 Å². The van der Waals surface area contributed by atoms with Crippen molar-refractivity contribution in [3.8, 4) is 0 Å². The van der Waals surface area contributed by atoms with Gasteiger partial charge in [-0.05, 0) is 18.6 Å². The molecule has 0 unspecified atom stereocenters. The topological polar surface area (TPSA) is 91.0 Å². The molecular weight excluding hydrogens is 418 g/mol. The van der Waals surface area contributed by atoms with Gasteiger partial charge in [0.05, 0.1) is 23.0 Å². The van der Waals surface area contributed by atoms with Gasteiger partial charge in [0, 0.05) is 43.5 Å². The van der Waals surface area contributed by atoms with Crippen molar-refractivity contribution in [1.82, 2.24) is 15.2 Å². The summed E-state index contributed by atoms with van der Waals surface area (Å²) in [5.41, 5.74) is -0.377. The molecule has 1 saturated heterocycles. The highest BCUT2D eigenvalue weighted by atomic mass is 19.3. The van der Waals surface area contributed by atoms with Crippen LogP contribution in [0.3, 0.4) is 0 Å². The molecule has 31 heavy (non-hydrogen) atoms. The van der Waals surface area contributed by atoms with Gasteiger partial charge in [-0.2, -0.15) is 5.10 Å². The molecule has 1 amide bonds. The Morgan fingerprint density at radius 3 is 2.65 bits per heavy atom. The number of nitrogens with zero attached hydrogens (tertiary/aromatic N) is 3. The summed E-state index contributed by atoms with van der Waals surface area (Å²) in [6.45, 7) is 0.145. The summed E-state index contributed by atoms with van der Waals surface area (Å²) in [4.78, 5) is 30.2. The van der Waals surface area contributed by atoms with Crippen LogP contribution in [-0.2, 0) is 0 Å². The predicted molar refractivity (Wildman–Crippen MR) is 105 cm³/mol. The zero-order valence-corrected chi connectivity index (χ0v) is 16.1. The van der Waals surface area contributed by atoms with Crippen molar-refractivity contribution in [2.45, 2.75) is 25.2 Å². The van der Waals surface area contributed by atoms with Gasteiger partial charge in [0.1, 0.15) is 5.82 Å². The molecular formula is C20H17F4N5O2. The van der Waals surface area contributed by atoms with Crippen LogP contribution in [-0.4, -0.2) is 40.1 Å². The number of H-pyrrole nitrogens is 1. The maximum Gasteiger partial charge on any atom is 0.266 e. The summed E-state index contributed by atoms with van der Waals surface area (Å²) in [7, 11) is 0. The van der Waals surface area contributed by atoms with Crippen LogP contribution in [0.1, 0.15) is 29.6 Å². The lowest BCUT2D eigenvalue weighted by Gasteiger charge is -2.24. The Bertz CT molecular complexity index is 1210. The molecule has 3 heterocycles. The standard InChI is InChI=1S/C20H17F4N5O2/c21-14-7-11-6-13(19(31)26-12-8-17(30)28-25-10-12)18(27-16(11)9-15(14)22)29-4-1-2-20(23,24)3-5-29/h6-10H,1-5H2,(H2,26,28,30,31). The van der Waals surface area contributed by atoms with Crippen molar-refractivity contribution in [2.75, 3.05) is 23.3 Å². The highest BCUT2D eigenvalue weighted by Crippen LogP contribution is 2.32. The number of amides is 1. The van der Waals surface area contributed by atoms with Gasteiger partial charge in [0.2, 0.25) is 5.92 Å². The lowest BCUT2D eigenvalue weighted by Crippen LogP contribution is -2.29. The third kappa shape index (κ3) is 4.49. The largest absolute Gasteiger partial charge is 0.356 e. The van der Waals surface area contributed by atoms with Gasteiger partial charge in [-0.15, -0.1) is 0 Å². The van der Waals surface area contributed by atoms with E-state index in [0.717, 1.165) is 18.2 Å². The number of anilines is 2. The minimum atomic E-state index is -2.83. The van der Waals surface area contributed by atoms with E-state index in [9.17, 15) is 27.2 Å². The van der Waals surface area contributed by atoms with Gasteiger partial charge >= 0.3 is 0 Å². The second-order valence-electron chi connectivity index (χ2n) is 7.30. The highest BCUT2D eigenvalue weighted by molar-refractivity contribution is 6.09. The minimum absolute atomic E-state index is 0.0241. The molecule has 1 fully saturated rings. The van der Waals surface area contributed by atoms with E-state index in [-0.39, 0.29) is 53.9 Å². The summed E-state index contributed by atoms with van der Waals surface area (Å²) in [6.07, 6.45) is 0.666. The van der Waals surface area contributed by atoms with Crippen molar-refractivity contribution in [3.63, 3.8) is 0 Å². The summed E-state index contributed by atoms with van der Waals surface area (Å²) in [5.74, 6) is -5.68. The number of carbonyl (C=O) groups is 1. The molecule has 7 nitrogen and oxygen atoms in total. The number of nitrogens with one attached hydrogen (secondary N) is 2. The Hall–Kier alpha value is -3.50. The third-order valence-electron chi connectivity index (χ3n) is 5.02. The van der Waals surface area contributed by atoms with Crippen LogP contribution in [0.25, 0.3) is 10.9 Å². The molecule has 0 bridgehead atoms. The molecule has 1 aliphatic heterocycles. The number of aromatic amines is 1. The lowest BCUT2D eigenvalue weighted by atomic mass is 10.1. The molecule has 1 aliphatic rings. The fourth-order valence-electron chi connectivity index (χ4n) is 3.49. The zero-order chi connectivity index (χ0) is 22.2. The average molecular weight is 435 g/mol. The number of hydrogen-bond acceptors (Lipinski definition) is 5. The van der Waals surface area contributed by atoms with E-state index in [1.165, 1.54) is 17.2 Å². The average Bonchev–Trinajstić information content (AvgIpc) is 2.88. The first-order valence-corrected chi connectivity index (χ1v) is 9.50. The molecule has 0 spiro atoms. The highest BCUT2D eigenvalue weighted by Gasteiger charge is 2.33. The number of aromatic nitrogens is 3. The van der Waals surface area contributed by atoms with Crippen LogP contribution >= 0.6 is 0 Å². The van der Waals surface area contributed by atoms with Crippen molar-refractivity contribution >= 4 is 28.3 Å². The quantitative estimate of drug-likeness (QED) is 0.615. The first-order chi connectivity index (χ1) is 14.7. The van der Waals surface area contributed by atoms with E-state index in [0.29, 0.717) is 0 Å². The van der Waals surface area contributed by atoms with Crippen molar-refractivity contribution in [2.24, 2.45) is 0 Å². The second kappa shape index (κ2) is 7.97. The van der Waals surface area contributed by atoms with E-state index < -0.39 is 35.4 Å². The Balaban J connectivity index is 1.79. The predicted octanol–water partition coefficient (Wildman–Crippen LogP) is 3.47. The Morgan fingerprint density at radius 2 is 1.87 bits per heavy atom. The number of alkyl halides is 2. The van der Waals surface area contributed by atoms with Gasteiger partial charge in [-0.3, -0.25) is 9.59 Å². The van der Waals surface area contributed by atoms with Crippen molar-refractivity contribution < 1.29 is 22.4 Å². The molecule has 162 valence electrons. The van der Waals surface area contributed by atoms with Crippen LogP contribution in [0.5, 0.6) is 0 Å². The summed E-state index contributed by atoms with van der Waals surface area (Å²) in [5, 5.41) is 8.42. The fourth-order valence-corrected chi connectivity index (χ4v) is 3.49. The molecule has 2 aromatic heterocycles. The smallest absolute Gasteiger partial charge is 0.266 e. The fraction of sp³-hybridized carbons (Fsp3) is 0.300. The normalized spacial score (nSPS) is 16.2. The number of carbonyl (C=O) groups excluding carboxylic acids is 1. The number of hydrogen-bond donors (Lipinski definition) is 2. The number of rotatable bonds is 3. The van der Waals surface area contributed by atoms with Gasteiger partial charge in [0.15, 0.2) is 11.6 Å². The van der Waals surface area contributed by atoms with Gasteiger partial charge in [-0.25, -0.2) is 27.6 Å². The van der Waals surface area contributed by atoms with E-state index in [2.05, 4.69) is 20.5 Å². The van der Waals surface area contributed by atoms with E-state index in [4.69, 9.17) is 0 Å². The van der Waals surface area contributed by atoms with Gasteiger partial charge in [-0.1, -0.05) is 0 Å². The Labute approximate surface area is 173 Å². The van der Waals surface area contributed by atoms with Crippen LogP contribution in [0.2, 0.25) is 0 Å². The first-order valence-electron chi connectivity index (χ1n) is 9.50. The zero-order valence-electron chi connectivity index (χ0n) is 16.1. The summed E-state index contributed by atoms with van der Waals surface area (Å²) < 4.78 is 55.1. The molecule has 1 aromatic carbocycles. The maximum atomic E-state index is 13.8. The number of halogens is 4. The number of fused-ring (bicyclic) bond motifs is 1. The number of pyridine rings is 1. The van der Waals surface area contributed by atoms with Crippen LogP contribution < -0.4 is 15.8 Å². The van der Waals surface area contributed by atoms with Gasteiger partial charge < -0.3 is 10.2 Å². The summed E-state index contributed by atoms with van der Waals surface area (Å²) in [6, 6.07) is 4.23. The SMILES string of the molecule is O=C(Nc1cn[nH]c(=O)c1)c1cc2cc(F)c(F)cc2nc1N1CCCC(F)(F)CC1. The van der Waals surface area contributed by atoms with E-state index in [1.54, 1.807) is 0 Å². The monoisotopic (exact) mass is 435 g/mol. The number of benzene rings is 1. The Morgan fingerprint density at radius 1 is 1.10 bits per heavy atom. The molecule has 2 N–H and O–H groups in total. The third-order valence-corrected chi connectivity index (χ3v) is 5.02. The van der Waals surface area contributed by atoms with Crippen molar-refractivity contribution in [3.05, 3.63) is 58.0 Å². The van der Waals surface area contributed by atoms with Crippen LogP contribution in [0.4, 0.5) is 29.1 Å². The second-order valence-corrected chi connectivity index (χ2v) is 7.30. The minimum Gasteiger partial charge on any atom is -0.356 e. The molecule has 0 saturated carbocycles. The van der Waals surface area contributed by atoms with E-state index in [1.807, 2.05) is 0 Å². The van der Waals surface area contributed by atoms with Crippen LogP contribution in [0, 0.1) is 11.6 Å². The molecule has 0 atom stereocenters. The van der Waals surface area contributed by atoms with E-state index >= 15 is 0 Å². The van der Waals surface area contributed by atoms with Crippen LogP contribution in [0.15, 0.2) is 35.3 Å². The first kappa shape index (κ1) is 20.8. The Kier molecular flexibility index (Phi) is 5.34. The molecule has 4 rings (SSSR count). The maximum absolute atomic E-state index is 13.8. The summed E-state index contributed by atoms with van der Waals surface area (Å²) >= 11 is 0. The molecule has 11 heteroatoms. The lowest BCUT2D eigenvalue weighted by molar-refractivity contribution is -0.0102. The molecule has 0 radical (unpaired) electrons. The molecule has 3 aromatic rings. The molecule has 0 aliphatic carbocycles.